The molecule has 0 unspecified atom stereocenters. The summed E-state index contributed by atoms with van der Waals surface area (Å²) in [6.45, 7) is 9.09. The van der Waals surface area contributed by atoms with Crippen molar-refractivity contribution in [1.29, 1.82) is 0 Å². The number of quaternary nitrogens is 1. The Bertz CT molecular complexity index is 557. The molecule has 0 radical (unpaired) electrons. The van der Waals surface area contributed by atoms with Crippen LogP contribution in [0.4, 0.5) is 5.69 Å². The predicted molar refractivity (Wildman–Crippen MR) is 100 cm³/mol. The maximum Gasteiger partial charge on any atom is 0.278 e. The third-order valence-corrected chi connectivity index (χ3v) is 5.79. The van der Waals surface area contributed by atoms with Gasteiger partial charge in [-0.15, -0.1) is 0 Å². The van der Waals surface area contributed by atoms with Crippen molar-refractivity contribution in [3.05, 3.63) is 24.3 Å². The van der Waals surface area contributed by atoms with Crippen molar-refractivity contribution in [2.75, 3.05) is 44.7 Å². The zero-order chi connectivity index (χ0) is 17.8. The molecule has 0 aromatic heterocycles. The van der Waals surface area contributed by atoms with Crippen molar-refractivity contribution in [2.45, 2.75) is 45.2 Å². The van der Waals surface area contributed by atoms with Gasteiger partial charge in [-0.2, -0.15) is 0 Å². The molecule has 5 heteroatoms. The first-order valence-corrected chi connectivity index (χ1v) is 9.62. The molecule has 1 amide bonds. The van der Waals surface area contributed by atoms with Crippen molar-refractivity contribution < 1.29 is 14.4 Å². The summed E-state index contributed by atoms with van der Waals surface area (Å²) in [4.78, 5) is 18.8. The van der Waals surface area contributed by atoms with E-state index in [0.717, 1.165) is 44.8 Å². The highest BCUT2D eigenvalue weighted by atomic mass is 16.5. The normalized spacial score (nSPS) is 25.1. The Kier molecular flexibility index (Phi) is 5.84. The average molecular weight is 346 g/mol. The Morgan fingerprint density at radius 1 is 1.12 bits per heavy atom. The molecular weight excluding hydrogens is 314 g/mol. The molecule has 1 N–H and O–H groups in total. The average Bonchev–Trinajstić information content (AvgIpc) is 2.62. The molecule has 25 heavy (non-hydrogen) atoms. The summed E-state index contributed by atoms with van der Waals surface area (Å²) < 4.78 is 5.23. The van der Waals surface area contributed by atoms with Crippen LogP contribution in [0.1, 0.15) is 33.1 Å². The first-order chi connectivity index (χ1) is 12.1. The Balaban J connectivity index is 1.51. The van der Waals surface area contributed by atoms with E-state index in [0.29, 0.717) is 24.5 Å². The number of nitrogens with one attached hydrogen (secondary N) is 1. The van der Waals surface area contributed by atoms with Gasteiger partial charge in [0.1, 0.15) is 5.75 Å². The van der Waals surface area contributed by atoms with Crippen LogP contribution in [0.25, 0.3) is 0 Å². The Hall–Kier alpha value is -1.75. The maximum absolute atomic E-state index is 12.8. The molecule has 1 aromatic carbocycles. The molecule has 2 heterocycles. The molecule has 3 rings (SSSR count). The number of carbonyl (C=O) groups excluding carboxylic acids is 1. The molecule has 2 atom stereocenters. The van der Waals surface area contributed by atoms with Crippen molar-refractivity contribution in [2.24, 2.45) is 0 Å². The predicted octanol–water partition coefficient (Wildman–Crippen LogP) is 1.19. The first-order valence-electron chi connectivity index (χ1n) is 9.62. The van der Waals surface area contributed by atoms with E-state index in [4.69, 9.17) is 4.74 Å². The standard InChI is InChI=1S/C20H31N3O2/c1-16-5-4-6-17(2)23(16)20(24)15-21-11-13-22(14-12-21)18-7-9-19(25-3)10-8-18/h7-10,16-17H,4-6,11-15H2,1-3H3/p+1/t16-,17+. The van der Waals surface area contributed by atoms with E-state index in [-0.39, 0.29) is 0 Å². The number of hydrogen-bond donors (Lipinski definition) is 1. The van der Waals surface area contributed by atoms with E-state index in [9.17, 15) is 4.79 Å². The lowest BCUT2D eigenvalue weighted by atomic mass is 9.97. The topological polar surface area (TPSA) is 37.2 Å². The minimum atomic E-state index is 0.340. The van der Waals surface area contributed by atoms with E-state index in [1.165, 1.54) is 17.0 Å². The number of nitrogens with zero attached hydrogens (tertiary/aromatic N) is 2. The van der Waals surface area contributed by atoms with Gasteiger partial charge in [-0.05, 0) is 57.4 Å². The third kappa shape index (κ3) is 4.27. The summed E-state index contributed by atoms with van der Waals surface area (Å²) in [5, 5.41) is 0. The molecule has 0 aliphatic carbocycles. The number of likely N-dealkylation sites (tertiary alicyclic amines) is 1. The van der Waals surface area contributed by atoms with Crippen molar-refractivity contribution in [1.82, 2.24) is 4.90 Å². The number of benzene rings is 1. The molecule has 0 bridgehead atoms. The fourth-order valence-corrected chi connectivity index (χ4v) is 4.27. The zero-order valence-corrected chi connectivity index (χ0v) is 15.8. The Morgan fingerprint density at radius 3 is 2.28 bits per heavy atom. The number of anilines is 1. The van der Waals surface area contributed by atoms with Crippen LogP contribution in [0.5, 0.6) is 5.75 Å². The van der Waals surface area contributed by atoms with Gasteiger partial charge in [-0.1, -0.05) is 0 Å². The first kappa shape index (κ1) is 18.1. The van der Waals surface area contributed by atoms with Gasteiger partial charge in [0.25, 0.3) is 5.91 Å². The minimum Gasteiger partial charge on any atom is -0.497 e. The Morgan fingerprint density at radius 2 is 1.72 bits per heavy atom. The van der Waals surface area contributed by atoms with Crippen molar-refractivity contribution in [3.8, 4) is 5.75 Å². The molecule has 0 spiro atoms. The van der Waals surface area contributed by atoms with Crippen molar-refractivity contribution in [3.63, 3.8) is 0 Å². The molecule has 2 aliphatic heterocycles. The van der Waals surface area contributed by atoms with Crippen LogP contribution in [0.15, 0.2) is 24.3 Å². The second-order valence-corrected chi connectivity index (χ2v) is 7.54. The van der Waals surface area contributed by atoms with E-state index >= 15 is 0 Å². The van der Waals surface area contributed by atoms with Crippen LogP contribution in [0.3, 0.4) is 0 Å². The summed E-state index contributed by atoms with van der Waals surface area (Å²) in [6.07, 6.45) is 3.55. The number of piperidine rings is 1. The highest BCUT2D eigenvalue weighted by Gasteiger charge is 2.32. The molecule has 2 saturated heterocycles. The number of piperazine rings is 1. The van der Waals surface area contributed by atoms with Gasteiger partial charge in [0, 0.05) is 17.8 Å². The third-order valence-electron chi connectivity index (χ3n) is 5.79. The molecule has 2 fully saturated rings. The highest BCUT2D eigenvalue weighted by molar-refractivity contribution is 5.77. The minimum absolute atomic E-state index is 0.340. The lowest BCUT2D eigenvalue weighted by molar-refractivity contribution is -0.892. The quantitative estimate of drug-likeness (QED) is 0.890. The lowest BCUT2D eigenvalue weighted by Crippen LogP contribution is -3.16. The number of carbonyl (C=O) groups is 1. The van der Waals surface area contributed by atoms with Crippen LogP contribution in [-0.2, 0) is 4.79 Å². The largest absolute Gasteiger partial charge is 0.497 e. The summed E-state index contributed by atoms with van der Waals surface area (Å²) in [7, 11) is 1.69. The van der Waals surface area contributed by atoms with Crippen LogP contribution < -0.4 is 14.5 Å². The second-order valence-electron chi connectivity index (χ2n) is 7.54. The summed E-state index contributed by atoms with van der Waals surface area (Å²) in [5.41, 5.74) is 1.24. The summed E-state index contributed by atoms with van der Waals surface area (Å²) in [5.74, 6) is 1.23. The van der Waals surface area contributed by atoms with E-state index < -0.39 is 0 Å². The van der Waals surface area contributed by atoms with Crippen LogP contribution in [0.2, 0.25) is 0 Å². The lowest BCUT2D eigenvalue weighted by Gasteiger charge is -2.40. The van der Waals surface area contributed by atoms with E-state index in [2.05, 4.69) is 35.8 Å². The number of ether oxygens (including phenoxy) is 1. The van der Waals surface area contributed by atoms with Gasteiger partial charge in [0.2, 0.25) is 0 Å². The second kappa shape index (κ2) is 8.09. The van der Waals surface area contributed by atoms with Gasteiger partial charge >= 0.3 is 0 Å². The van der Waals surface area contributed by atoms with Crippen molar-refractivity contribution >= 4 is 11.6 Å². The number of amides is 1. The van der Waals surface area contributed by atoms with E-state index in [1.807, 2.05) is 12.1 Å². The van der Waals surface area contributed by atoms with Gasteiger partial charge in [-0.3, -0.25) is 4.79 Å². The van der Waals surface area contributed by atoms with Gasteiger partial charge in [-0.25, -0.2) is 0 Å². The fraction of sp³-hybridized carbons (Fsp3) is 0.650. The number of rotatable bonds is 4. The summed E-state index contributed by atoms with van der Waals surface area (Å²) in [6, 6.07) is 9.06. The SMILES string of the molecule is COc1ccc(N2CC[NH+](CC(=O)N3[C@H](C)CCC[C@@H]3C)CC2)cc1. The molecule has 5 nitrogen and oxygen atoms in total. The smallest absolute Gasteiger partial charge is 0.278 e. The van der Waals surface area contributed by atoms with Crippen LogP contribution >= 0.6 is 0 Å². The molecule has 0 saturated carbocycles. The monoisotopic (exact) mass is 346 g/mol. The van der Waals surface area contributed by atoms with Crippen LogP contribution in [-0.4, -0.2) is 62.7 Å². The van der Waals surface area contributed by atoms with Gasteiger partial charge < -0.3 is 19.4 Å². The molecule has 138 valence electrons. The Labute approximate surface area is 151 Å². The van der Waals surface area contributed by atoms with Gasteiger partial charge in [0.15, 0.2) is 6.54 Å². The zero-order valence-electron chi connectivity index (χ0n) is 15.8. The number of methoxy groups -OCH3 is 1. The molecule has 1 aromatic rings. The fourth-order valence-electron chi connectivity index (χ4n) is 4.27. The number of hydrogen-bond acceptors (Lipinski definition) is 3. The van der Waals surface area contributed by atoms with Gasteiger partial charge in [0.05, 0.1) is 33.3 Å². The van der Waals surface area contributed by atoms with E-state index in [1.54, 1.807) is 7.11 Å². The molecule has 2 aliphatic rings. The molecular formula is C20H32N3O2+. The maximum atomic E-state index is 12.8. The highest BCUT2D eigenvalue weighted by Crippen LogP contribution is 2.22. The summed E-state index contributed by atoms with van der Waals surface area (Å²) >= 11 is 0. The van der Waals surface area contributed by atoms with Crippen LogP contribution in [0, 0.1) is 0 Å².